The van der Waals surface area contributed by atoms with Gasteiger partial charge in [-0.15, -0.1) is 11.9 Å². The molecule has 1 N–H and O–H groups in total. The van der Waals surface area contributed by atoms with E-state index in [0.717, 1.165) is 12.8 Å². The minimum Gasteiger partial charge on any atom is -0.658 e. The fraction of sp³-hybridized carbons (Fsp3) is 0.692. The molecule has 0 unspecified atom stereocenters. The first-order valence-corrected chi connectivity index (χ1v) is 5.94. The molecule has 1 fully saturated rings. The maximum Gasteiger partial charge on any atom is 1.00 e. The average molecular weight is 300 g/mol. The van der Waals surface area contributed by atoms with Gasteiger partial charge in [-0.05, 0) is 31.6 Å². The van der Waals surface area contributed by atoms with Crippen molar-refractivity contribution in [2.45, 2.75) is 45.6 Å². The fourth-order valence-corrected chi connectivity index (χ4v) is 2.02. The van der Waals surface area contributed by atoms with Gasteiger partial charge in [-0.25, -0.2) is 0 Å². The van der Waals surface area contributed by atoms with Crippen LogP contribution in [0.2, 0.25) is 0 Å². The standard InChI is InChI=1S/C12H19O3.CO2.2Na/c1-8(2)7-11(12(14)15)9-3-5-10(13)6-4-9;2-1-3;;/h8-10,13H,3-6H2,1-2H3,(H,14,15);;;/q-1;;2*+1/p-1. The van der Waals surface area contributed by atoms with Crippen LogP contribution in [0.1, 0.15) is 39.5 Å². The fourth-order valence-electron chi connectivity index (χ4n) is 2.02. The van der Waals surface area contributed by atoms with E-state index in [2.05, 4.69) is 6.08 Å². The van der Waals surface area contributed by atoms with E-state index in [1.54, 1.807) is 0 Å². The maximum absolute atomic E-state index is 10.9. The molecule has 1 aliphatic carbocycles. The number of aliphatic carboxylic acids is 1. The first kappa shape index (κ1) is 25.5. The number of carbonyl (C=O) groups excluding carboxylic acids is 3. The van der Waals surface area contributed by atoms with Crippen molar-refractivity contribution in [2.75, 3.05) is 0 Å². The van der Waals surface area contributed by atoms with Crippen molar-refractivity contribution < 1.29 is 83.7 Å². The molecular formula is C13H18Na2O5. The minimum absolute atomic E-state index is 0. The van der Waals surface area contributed by atoms with Crippen LogP contribution < -0.4 is 64.2 Å². The maximum atomic E-state index is 10.9. The molecule has 0 heterocycles. The van der Waals surface area contributed by atoms with E-state index in [4.69, 9.17) is 9.59 Å². The summed E-state index contributed by atoms with van der Waals surface area (Å²) in [6.07, 6.45) is 5.74. The molecule has 0 aliphatic heterocycles. The number of carboxylic acid groups (broad SMARTS) is 1. The Hall–Kier alpha value is 0.550. The molecule has 0 bridgehead atoms. The van der Waals surface area contributed by atoms with E-state index in [-0.39, 0.29) is 83.2 Å². The Bertz CT molecular complexity index is 328. The van der Waals surface area contributed by atoms with Crippen molar-refractivity contribution in [1.82, 2.24) is 0 Å². The third kappa shape index (κ3) is 11.2. The topological polar surface area (TPSA) is 94.5 Å². The first-order chi connectivity index (χ1) is 8.42. The van der Waals surface area contributed by atoms with Crippen molar-refractivity contribution in [2.24, 2.45) is 11.8 Å². The predicted molar refractivity (Wildman–Crippen MR) is 59.6 cm³/mol. The summed E-state index contributed by atoms with van der Waals surface area (Å²) < 4.78 is 0. The molecule has 1 saturated carbocycles. The largest absolute Gasteiger partial charge is 1.00 e. The molecule has 5 nitrogen and oxygen atoms in total. The van der Waals surface area contributed by atoms with Gasteiger partial charge in [0.2, 0.25) is 0 Å². The summed E-state index contributed by atoms with van der Waals surface area (Å²) in [7, 11) is 0. The van der Waals surface area contributed by atoms with E-state index in [1.165, 1.54) is 0 Å². The van der Waals surface area contributed by atoms with E-state index in [0.29, 0.717) is 18.4 Å². The zero-order chi connectivity index (χ0) is 14.1. The van der Waals surface area contributed by atoms with Gasteiger partial charge in [0.25, 0.3) is 0 Å². The zero-order valence-corrected chi connectivity index (χ0v) is 16.6. The summed E-state index contributed by atoms with van der Waals surface area (Å²) in [4.78, 5) is 27.2. The van der Waals surface area contributed by atoms with Crippen LogP contribution in [-0.2, 0) is 14.4 Å². The number of hydrogen-bond acceptors (Lipinski definition) is 5. The SMILES string of the molecule is CC(C)[C-]=C(C(=O)[O-])C1CCC(O)CC1.O=C=O.[Na+].[Na+]. The van der Waals surface area contributed by atoms with Crippen molar-refractivity contribution in [1.29, 1.82) is 0 Å². The molecule has 1 aliphatic rings. The Morgan fingerprint density at radius 2 is 1.60 bits per heavy atom. The second-order valence-electron chi connectivity index (χ2n) is 4.59. The number of aliphatic hydroxyl groups excluding tert-OH is 1. The quantitative estimate of drug-likeness (QED) is 0.318. The predicted octanol–water partition coefficient (Wildman–Crippen LogP) is -5.90. The molecule has 0 spiro atoms. The number of allylic oxidation sites excluding steroid dienone is 1. The molecule has 0 radical (unpaired) electrons. The van der Waals surface area contributed by atoms with Gasteiger partial charge in [-0.3, -0.25) is 6.08 Å². The van der Waals surface area contributed by atoms with E-state index < -0.39 is 5.97 Å². The van der Waals surface area contributed by atoms with Crippen LogP contribution >= 0.6 is 0 Å². The van der Waals surface area contributed by atoms with Crippen molar-refractivity contribution in [3.8, 4) is 0 Å². The summed E-state index contributed by atoms with van der Waals surface area (Å²) in [6.45, 7) is 3.81. The van der Waals surface area contributed by atoms with Gasteiger partial charge < -0.3 is 15.0 Å². The van der Waals surface area contributed by atoms with Crippen molar-refractivity contribution >= 4 is 12.1 Å². The van der Waals surface area contributed by atoms with Crippen LogP contribution in [0.25, 0.3) is 0 Å². The van der Waals surface area contributed by atoms with Gasteiger partial charge in [0.05, 0.1) is 6.10 Å². The van der Waals surface area contributed by atoms with Crippen LogP contribution in [0, 0.1) is 17.9 Å². The normalized spacial score (nSPS) is 21.5. The zero-order valence-electron chi connectivity index (χ0n) is 12.6. The van der Waals surface area contributed by atoms with Crippen LogP contribution in [0.5, 0.6) is 0 Å². The molecule has 20 heavy (non-hydrogen) atoms. The third-order valence-corrected chi connectivity index (χ3v) is 2.77. The van der Waals surface area contributed by atoms with Gasteiger partial charge in [-0.1, -0.05) is 13.8 Å². The Morgan fingerprint density at radius 1 is 1.20 bits per heavy atom. The Kier molecular flexibility index (Phi) is 18.5. The smallest absolute Gasteiger partial charge is 0.658 e. The van der Waals surface area contributed by atoms with Gasteiger partial charge in [0.15, 0.2) is 0 Å². The Balaban J connectivity index is -0.000000530. The molecule has 102 valence electrons. The van der Waals surface area contributed by atoms with Gasteiger partial charge in [-0.2, -0.15) is 15.2 Å². The number of hydrogen-bond donors (Lipinski definition) is 1. The summed E-state index contributed by atoms with van der Waals surface area (Å²) in [5.74, 6) is -0.990. The summed E-state index contributed by atoms with van der Waals surface area (Å²) in [5.41, 5.74) is 0.303. The summed E-state index contributed by atoms with van der Waals surface area (Å²) in [6, 6.07) is 0. The van der Waals surface area contributed by atoms with Crippen LogP contribution in [-0.4, -0.2) is 23.3 Å². The monoisotopic (exact) mass is 300 g/mol. The van der Waals surface area contributed by atoms with E-state index >= 15 is 0 Å². The van der Waals surface area contributed by atoms with Gasteiger partial charge in [0, 0.05) is 0 Å². The first-order valence-electron chi connectivity index (χ1n) is 5.94. The molecule has 7 heteroatoms. The number of carboxylic acids is 1. The van der Waals surface area contributed by atoms with Crippen LogP contribution in [0.3, 0.4) is 0 Å². The van der Waals surface area contributed by atoms with Crippen LogP contribution in [0.4, 0.5) is 0 Å². The molecule has 0 aromatic heterocycles. The molecule has 1 rings (SSSR count). The van der Waals surface area contributed by atoms with Gasteiger partial charge in [0.1, 0.15) is 0 Å². The third-order valence-electron chi connectivity index (χ3n) is 2.77. The number of rotatable bonds is 3. The summed E-state index contributed by atoms with van der Waals surface area (Å²) in [5, 5.41) is 20.3. The second kappa shape index (κ2) is 14.5. The van der Waals surface area contributed by atoms with Crippen molar-refractivity contribution in [3.63, 3.8) is 0 Å². The molecule has 0 aromatic carbocycles. The van der Waals surface area contributed by atoms with Crippen LogP contribution in [0.15, 0.2) is 5.57 Å². The minimum atomic E-state index is -1.11. The molecule has 0 atom stereocenters. The number of carbonyl (C=O) groups is 1. The molecule has 0 aromatic rings. The number of aliphatic hydroxyl groups is 1. The van der Waals surface area contributed by atoms with E-state index in [9.17, 15) is 15.0 Å². The van der Waals surface area contributed by atoms with E-state index in [1.807, 2.05) is 13.8 Å². The van der Waals surface area contributed by atoms with Crippen molar-refractivity contribution in [3.05, 3.63) is 11.6 Å². The average Bonchev–Trinajstić information content (AvgIpc) is 2.28. The van der Waals surface area contributed by atoms with Gasteiger partial charge >= 0.3 is 65.3 Å². The second-order valence-corrected chi connectivity index (χ2v) is 4.59. The molecule has 0 saturated heterocycles. The summed E-state index contributed by atoms with van der Waals surface area (Å²) >= 11 is 0. The molecule has 0 amide bonds. The molecular weight excluding hydrogens is 282 g/mol. The Labute approximate surface area is 163 Å². The Morgan fingerprint density at radius 3 is 1.90 bits per heavy atom.